The molecular formula is C21H30N4O5S. The van der Waals surface area contributed by atoms with Gasteiger partial charge in [-0.1, -0.05) is 0 Å². The van der Waals surface area contributed by atoms with E-state index in [-0.39, 0.29) is 29.2 Å². The molecule has 0 spiro atoms. The van der Waals surface area contributed by atoms with Gasteiger partial charge < -0.3 is 19.9 Å². The summed E-state index contributed by atoms with van der Waals surface area (Å²) in [5.74, 6) is -0.183. The molecule has 31 heavy (non-hydrogen) atoms. The van der Waals surface area contributed by atoms with Gasteiger partial charge in [0, 0.05) is 45.3 Å². The minimum absolute atomic E-state index is 0.0510. The van der Waals surface area contributed by atoms with E-state index in [2.05, 4.69) is 10.2 Å². The van der Waals surface area contributed by atoms with Gasteiger partial charge in [-0.05, 0) is 45.4 Å². The van der Waals surface area contributed by atoms with Crippen molar-refractivity contribution < 1.29 is 22.7 Å². The van der Waals surface area contributed by atoms with E-state index in [1.807, 2.05) is 11.9 Å². The monoisotopic (exact) mass is 450 g/mol. The van der Waals surface area contributed by atoms with Gasteiger partial charge in [0.05, 0.1) is 16.5 Å². The molecule has 4 rings (SSSR count). The largest absolute Gasteiger partial charge is 0.479 e. The predicted octanol–water partition coefficient (Wildman–Crippen LogP) is 0.889. The number of carbonyl (C=O) groups is 2. The zero-order valence-corrected chi connectivity index (χ0v) is 19.1. The molecule has 0 saturated carbocycles. The molecule has 3 aliphatic heterocycles. The number of carbonyl (C=O) groups excluding carboxylic acids is 2. The fraction of sp³-hybridized carbons (Fsp3) is 0.619. The van der Waals surface area contributed by atoms with Crippen molar-refractivity contribution in [3.63, 3.8) is 0 Å². The third-order valence-electron chi connectivity index (χ3n) is 6.37. The molecule has 3 heterocycles. The molecule has 0 radical (unpaired) electrons. The summed E-state index contributed by atoms with van der Waals surface area (Å²) >= 11 is 0. The number of piperidine rings is 1. The number of likely N-dealkylation sites (N-methyl/N-ethyl adjacent to an activating group) is 1. The van der Waals surface area contributed by atoms with Crippen LogP contribution in [0.3, 0.4) is 0 Å². The van der Waals surface area contributed by atoms with E-state index in [4.69, 9.17) is 4.74 Å². The van der Waals surface area contributed by atoms with Crippen molar-refractivity contribution in [3.05, 3.63) is 17.7 Å². The fourth-order valence-electron chi connectivity index (χ4n) is 4.41. The lowest BCUT2D eigenvalue weighted by Crippen LogP contribution is -2.52. The number of sulfonamides is 1. The van der Waals surface area contributed by atoms with Crippen LogP contribution in [-0.4, -0.2) is 86.8 Å². The van der Waals surface area contributed by atoms with Crippen LogP contribution >= 0.6 is 0 Å². The van der Waals surface area contributed by atoms with Gasteiger partial charge in [0.1, 0.15) is 5.75 Å². The summed E-state index contributed by atoms with van der Waals surface area (Å²) in [5, 5.41) is 2.74. The van der Waals surface area contributed by atoms with Crippen molar-refractivity contribution in [3.8, 4) is 5.75 Å². The molecule has 10 heteroatoms. The molecule has 2 saturated heterocycles. The summed E-state index contributed by atoms with van der Waals surface area (Å²) in [4.78, 5) is 29.1. The van der Waals surface area contributed by atoms with E-state index < -0.39 is 16.1 Å². The number of aryl methyl sites for hydroxylation is 1. The molecule has 0 unspecified atom stereocenters. The number of rotatable bonds is 3. The molecular weight excluding hydrogens is 420 g/mol. The standard InChI is InChI=1S/C21H30N4O5S/c1-14-11-17-18(30-15(2)20(26)22-17)12-19(14)31(28,29)25-6-4-5-16(13-25)21(27)24-9-7-23(3)8-10-24/h11-12,15-16H,4-10,13H2,1-3H3,(H,22,26)/t15-,16-/m1/s1. The second-order valence-electron chi connectivity index (χ2n) is 8.69. The number of hydrogen-bond acceptors (Lipinski definition) is 6. The maximum absolute atomic E-state index is 13.5. The highest BCUT2D eigenvalue weighted by Gasteiger charge is 2.37. The van der Waals surface area contributed by atoms with Gasteiger partial charge in [-0.15, -0.1) is 0 Å². The number of fused-ring (bicyclic) bond motifs is 1. The lowest BCUT2D eigenvalue weighted by Gasteiger charge is -2.37. The van der Waals surface area contributed by atoms with Crippen LogP contribution in [0, 0.1) is 12.8 Å². The van der Waals surface area contributed by atoms with Gasteiger partial charge in [-0.3, -0.25) is 9.59 Å². The normalized spacial score (nSPS) is 25.5. The minimum atomic E-state index is -3.80. The third kappa shape index (κ3) is 4.28. The first-order valence-corrected chi connectivity index (χ1v) is 12.2. The SMILES string of the molecule is Cc1cc2c(cc1S(=O)(=O)N1CCC[C@@H](C(=O)N3CCN(C)CC3)C1)O[C@H](C)C(=O)N2. The summed E-state index contributed by atoms with van der Waals surface area (Å²) in [6.45, 7) is 6.94. The second kappa shape index (κ2) is 8.40. The molecule has 1 aromatic carbocycles. The van der Waals surface area contributed by atoms with Crippen LogP contribution in [-0.2, 0) is 19.6 Å². The van der Waals surface area contributed by atoms with Gasteiger partial charge in [-0.25, -0.2) is 8.42 Å². The zero-order valence-electron chi connectivity index (χ0n) is 18.3. The Morgan fingerprint density at radius 1 is 1.16 bits per heavy atom. The third-order valence-corrected chi connectivity index (χ3v) is 8.38. The maximum atomic E-state index is 13.5. The van der Waals surface area contributed by atoms with Gasteiger partial charge in [0.15, 0.2) is 6.10 Å². The van der Waals surface area contributed by atoms with Crippen molar-refractivity contribution in [2.45, 2.75) is 37.7 Å². The molecule has 2 amide bonds. The summed E-state index contributed by atoms with van der Waals surface area (Å²) in [6.07, 6.45) is 0.663. The van der Waals surface area contributed by atoms with E-state index in [9.17, 15) is 18.0 Å². The first-order valence-electron chi connectivity index (χ1n) is 10.8. The smallest absolute Gasteiger partial charge is 0.265 e. The summed E-state index contributed by atoms with van der Waals surface area (Å²) in [7, 11) is -1.77. The number of nitrogens with one attached hydrogen (secondary N) is 1. The molecule has 2 atom stereocenters. The number of amides is 2. The molecule has 3 aliphatic rings. The predicted molar refractivity (Wildman–Crippen MR) is 115 cm³/mol. The fourth-order valence-corrected chi connectivity index (χ4v) is 6.15. The Bertz CT molecular complexity index is 988. The average Bonchev–Trinajstić information content (AvgIpc) is 2.74. The quantitative estimate of drug-likeness (QED) is 0.734. The van der Waals surface area contributed by atoms with Gasteiger partial charge in [0.2, 0.25) is 15.9 Å². The number of anilines is 1. The van der Waals surface area contributed by atoms with Crippen LogP contribution in [0.15, 0.2) is 17.0 Å². The molecule has 170 valence electrons. The number of nitrogens with zero attached hydrogens (tertiary/aromatic N) is 3. The van der Waals surface area contributed by atoms with Crippen molar-refractivity contribution in [2.24, 2.45) is 5.92 Å². The topological polar surface area (TPSA) is 99.3 Å². The van der Waals surface area contributed by atoms with E-state index in [0.29, 0.717) is 49.5 Å². The molecule has 9 nitrogen and oxygen atoms in total. The summed E-state index contributed by atoms with van der Waals surface area (Å²) in [6, 6.07) is 3.12. The van der Waals surface area contributed by atoms with Crippen molar-refractivity contribution >= 4 is 27.5 Å². The molecule has 0 aromatic heterocycles. The Labute approximate surface area is 183 Å². The maximum Gasteiger partial charge on any atom is 0.265 e. The van der Waals surface area contributed by atoms with Crippen LogP contribution in [0.5, 0.6) is 5.75 Å². The Morgan fingerprint density at radius 3 is 2.58 bits per heavy atom. The lowest BCUT2D eigenvalue weighted by atomic mass is 9.98. The molecule has 1 N–H and O–H groups in total. The lowest BCUT2D eigenvalue weighted by molar-refractivity contribution is -0.138. The van der Waals surface area contributed by atoms with Crippen LogP contribution in [0.1, 0.15) is 25.3 Å². The number of ether oxygens (including phenoxy) is 1. The minimum Gasteiger partial charge on any atom is -0.479 e. The van der Waals surface area contributed by atoms with Crippen LogP contribution in [0.4, 0.5) is 5.69 Å². The van der Waals surface area contributed by atoms with E-state index >= 15 is 0 Å². The Balaban J connectivity index is 1.54. The number of hydrogen-bond donors (Lipinski definition) is 1. The highest BCUT2D eigenvalue weighted by molar-refractivity contribution is 7.89. The second-order valence-corrected chi connectivity index (χ2v) is 10.6. The highest BCUT2D eigenvalue weighted by Crippen LogP contribution is 2.36. The van der Waals surface area contributed by atoms with Crippen LogP contribution < -0.4 is 10.1 Å². The van der Waals surface area contributed by atoms with E-state index in [1.165, 1.54) is 10.4 Å². The summed E-state index contributed by atoms with van der Waals surface area (Å²) in [5.41, 5.74) is 1.01. The Morgan fingerprint density at radius 2 is 1.87 bits per heavy atom. The molecule has 1 aromatic rings. The van der Waals surface area contributed by atoms with Crippen molar-refractivity contribution in [1.82, 2.24) is 14.1 Å². The summed E-state index contributed by atoms with van der Waals surface area (Å²) < 4.78 is 34.0. The molecule has 0 aliphatic carbocycles. The Kier molecular flexibility index (Phi) is 5.97. The van der Waals surface area contributed by atoms with Gasteiger partial charge in [-0.2, -0.15) is 4.31 Å². The number of benzene rings is 1. The van der Waals surface area contributed by atoms with Crippen molar-refractivity contribution in [1.29, 1.82) is 0 Å². The first-order chi connectivity index (χ1) is 14.7. The molecule has 0 bridgehead atoms. The van der Waals surface area contributed by atoms with Gasteiger partial charge >= 0.3 is 0 Å². The first kappa shape index (κ1) is 22.0. The van der Waals surface area contributed by atoms with Crippen LogP contribution in [0.2, 0.25) is 0 Å². The van der Waals surface area contributed by atoms with Gasteiger partial charge in [0.25, 0.3) is 5.91 Å². The average molecular weight is 451 g/mol. The Hall–Kier alpha value is -2.17. The highest BCUT2D eigenvalue weighted by atomic mass is 32.2. The van der Waals surface area contributed by atoms with E-state index in [1.54, 1.807) is 19.9 Å². The molecule has 2 fully saturated rings. The van der Waals surface area contributed by atoms with E-state index in [0.717, 1.165) is 13.1 Å². The zero-order chi connectivity index (χ0) is 22.3. The van der Waals surface area contributed by atoms with Crippen molar-refractivity contribution in [2.75, 3.05) is 51.6 Å². The number of piperazine rings is 1. The van der Waals surface area contributed by atoms with Crippen LogP contribution in [0.25, 0.3) is 0 Å².